The van der Waals surface area contributed by atoms with Gasteiger partial charge in [-0.1, -0.05) is 44.9 Å². The topological polar surface area (TPSA) is 94.9 Å². The first-order valence-electron chi connectivity index (χ1n) is 15.7. The molecule has 2 fully saturated rings. The molecule has 1 unspecified atom stereocenters. The van der Waals surface area contributed by atoms with Crippen LogP contribution in [0.4, 0.5) is 17.1 Å². The number of hydrogen-bond acceptors (Lipinski definition) is 6. The summed E-state index contributed by atoms with van der Waals surface area (Å²) < 4.78 is 5.33. The highest BCUT2D eigenvalue weighted by Crippen LogP contribution is 2.32. The van der Waals surface area contributed by atoms with E-state index in [9.17, 15) is 14.4 Å². The first-order chi connectivity index (χ1) is 20.8. The average Bonchev–Trinajstić information content (AvgIpc) is 3.75. The second-order valence-electron chi connectivity index (χ2n) is 12.2. The van der Waals surface area contributed by atoms with Crippen LogP contribution in [0.2, 0.25) is 0 Å². The largest absolute Gasteiger partial charge is 0.459 e. The molecule has 2 aromatic carbocycles. The summed E-state index contributed by atoms with van der Waals surface area (Å²) in [6.07, 6.45) is 7.21. The number of amides is 2. The molecular weight excluding hydrogens is 540 g/mol. The van der Waals surface area contributed by atoms with Crippen molar-refractivity contribution in [3.05, 3.63) is 77.7 Å². The number of rotatable bonds is 11. The van der Waals surface area contributed by atoms with Crippen molar-refractivity contribution in [2.75, 3.05) is 41.3 Å². The van der Waals surface area contributed by atoms with E-state index < -0.39 is 0 Å². The lowest BCUT2D eigenvalue weighted by Crippen LogP contribution is -2.47. The van der Waals surface area contributed by atoms with Crippen LogP contribution < -0.4 is 20.4 Å². The first-order valence-corrected chi connectivity index (χ1v) is 15.7. The van der Waals surface area contributed by atoms with Crippen LogP contribution in [0, 0.1) is 18.8 Å². The maximum absolute atomic E-state index is 13.5. The summed E-state index contributed by atoms with van der Waals surface area (Å²) in [6, 6.07) is 17.6. The molecular formula is C35H44N4O4. The highest BCUT2D eigenvalue weighted by molar-refractivity contribution is 6.06. The van der Waals surface area contributed by atoms with Gasteiger partial charge in [-0.2, -0.15) is 0 Å². The number of carbonyl (C=O) groups excluding carboxylic acids is 3. The Kier molecular flexibility index (Phi) is 9.85. The number of carbonyl (C=O) groups is 3. The molecule has 2 heterocycles. The summed E-state index contributed by atoms with van der Waals surface area (Å²) in [7, 11) is 0. The Hall–Kier alpha value is -4.07. The summed E-state index contributed by atoms with van der Waals surface area (Å²) >= 11 is 0. The van der Waals surface area contributed by atoms with Crippen LogP contribution in [0.25, 0.3) is 0 Å². The molecule has 2 atom stereocenters. The lowest BCUT2D eigenvalue weighted by molar-refractivity contribution is -0.125. The minimum atomic E-state index is -0.357. The molecule has 8 nitrogen and oxygen atoms in total. The van der Waals surface area contributed by atoms with Crippen LogP contribution in [0.1, 0.15) is 78.8 Å². The lowest BCUT2D eigenvalue weighted by atomic mass is 9.91. The van der Waals surface area contributed by atoms with Crippen LogP contribution >= 0.6 is 0 Å². The van der Waals surface area contributed by atoms with Gasteiger partial charge in [0.25, 0.3) is 5.91 Å². The number of furan rings is 1. The highest BCUT2D eigenvalue weighted by Gasteiger charge is 2.25. The molecule has 0 spiro atoms. The predicted molar refractivity (Wildman–Crippen MR) is 171 cm³/mol. The van der Waals surface area contributed by atoms with E-state index in [0.29, 0.717) is 30.1 Å². The molecule has 2 aliphatic rings. The highest BCUT2D eigenvalue weighted by atomic mass is 16.3. The minimum absolute atomic E-state index is 0.00724. The van der Waals surface area contributed by atoms with Gasteiger partial charge in [0.1, 0.15) is 0 Å². The molecule has 2 amide bonds. The number of nitrogens with zero attached hydrogens (tertiary/aromatic N) is 2. The Balaban J connectivity index is 1.27. The van der Waals surface area contributed by atoms with Crippen molar-refractivity contribution < 1.29 is 18.8 Å². The fourth-order valence-corrected chi connectivity index (χ4v) is 6.22. The summed E-state index contributed by atoms with van der Waals surface area (Å²) in [6.45, 7) is 9.25. The van der Waals surface area contributed by atoms with Gasteiger partial charge >= 0.3 is 0 Å². The minimum Gasteiger partial charge on any atom is -0.459 e. The van der Waals surface area contributed by atoms with E-state index in [-0.39, 0.29) is 35.2 Å². The Morgan fingerprint density at radius 2 is 1.53 bits per heavy atom. The van der Waals surface area contributed by atoms with Crippen LogP contribution in [-0.4, -0.2) is 49.8 Å². The van der Waals surface area contributed by atoms with Crippen molar-refractivity contribution in [3.63, 3.8) is 0 Å². The number of anilines is 3. The molecule has 1 aromatic heterocycles. The standard InChI is InChI=1S/C35H44N4O4/c1-24-9-4-7-12-30(24)38-18-20-39(21-19-38)31-17-16-27(23-29(31)37-35(42)32-13-8-22-43-32)33(40)25(2)14-15-26(3)34(41)36-28-10-5-6-11-28/h4,7-9,12-13,16-17,22-23,25-26,28H,5-6,10-11,14-15,18-21H2,1-3H3,(H,36,41)(H,37,42)/t25?,26-/m1/s1. The molecule has 2 N–H and O–H groups in total. The van der Waals surface area contributed by atoms with Crippen molar-refractivity contribution in [3.8, 4) is 0 Å². The van der Waals surface area contributed by atoms with Crippen molar-refractivity contribution >= 4 is 34.7 Å². The molecule has 228 valence electrons. The van der Waals surface area contributed by atoms with E-state index in [1.54, 1.807) is 18.2 Å². The number of para-hydroxylation sites is 1. The van der Waals surface area contributed by atoms with Crippen LogP contribution in [0.3, 0.4) is 0 Å². The van der Waals surface area contributed by atoms with E-state index in [1.807, 2.05) is 26.0 Å². The number of hydrogen-bond donors (Lipinski definition) is 2. The Morgan fingerprint density at radius 3 is 2.21 bits per heavy atom. The maximum Gasteiger partial charge on any atom is 0.291 e. The molecule has 0 bridgehead atoms. The second-order valence-corrected chi connectivity index (χ2v) is 12.2. The van der Waals surface area contributed by atoms with Gasteiger partial charge in [-0.15, -0.1) is 0 Å². The number of Topliss-reactive ketones (excluding diaryl/α,β-unsaturated/α-hetero) is 1. The Morgan fingerprint density at radius 1 is 0.860 bits per heavy atom. The lowest BCUT2D eigenvalue weighted by Gasteiger charge is -2.38. The maximum atomic E-state index is 13.5. The van der Waals surface area contributed by atoms with Crippen molar-refractivity contribution in [1.29, 1.82) is 0 Å². The van der Waals surface area contributed by atoms with Gasteiger partial charge in [0, 0.05) is 55.3 Å². The van der Waals surface area contributed by atoms with Gasteiger partial charge in [0.2, 0.25) is 5.91 Å². The summed E-state index contributed by atoms with van der Waals surface area (Å²) in [5.74, 6) is -0.442. The van der Waals surface area contributed by atoms with Gasteiger partial charge in [0.15, 0.2) is 11.5 Å². The van der Waals surface area contributed by atoms with Gasteiger partial charge in [-0.05, 0) is 74.6 Å². The van der Waals surface area contributed by atoms with Gasteiger partial charge < -0.3 is 24.9 Å². The van der Waals surface area contributed by atoms with Crippen molar-refractivity contribution in [2.24, 2.45) is 11.8 Å². The van der Waals surface area contributed by atoms with E-state index in [2.05, 4.69) is 51.6 Å². The number of benzene rings is 2. The molecule has 5 rings (SSSR count). The third-order valence-corrected chi connectivity index (χ3v) is 8.98. The van der Waals surface area contributed by atoms with Gasteiger partial charge in [0.05, 0.1) is 17.6 Å². The Bertz CT molecular complexity index is 1400. The smallest absolute Gasteiger partial charge is 0.291 e. The predicted octanol–water partition coefficient (Wildman–Crippen LogP) is 6.46. The molecule has 1 saturated carbocycles. The van der Waals surface area contributed by atoms with E-state index >= 15 is 0 Å². The number of aryl methyl sites for hydroxylation is 1. The summed E-state index contributed by atoms with van der Waals surface area (Å²) in [4.78, 5) is 43.8. The SMILES string of the molecule is Cc1ccccc1N1CCN(c2ccc(C(=O)C(C)CC[C@@H](C)C(=O)NC3CCCC3)cc2NC(=O)c2ccco2)CC1. The van der Waals surface area contributed by atoms with Gasteiger partial charge in [-0.3, -0.25) is 14.4 Å². The van der Waals surface area contributed by atoms with Crippen LogP contribution in [0.5, 0.6) is 0 Å². The van der Waals surface area contributed by atoms with Crippen molar-refractivity contribution in [2.45, 2.75) is 65.3 Å². The number of piperazine rings is 1. The second kappa shape index (κ2) is 13.9. The fraction of sp³-hybridized carbons (Fsp3) is 0.457. The zero-order valence-electron chi connectivity index (χ0n) is 25.6. The van der Waals surface area contributed by atoms with Crippen molar-refractivity contribution in [1.82, 2.24) is 5.32 Å². The van der Waals surface area contributed by atoms with Crippen LogP contribution in [0.15, 0.2) is 65.3 Å². The van der Waals surface area contributed by atoms with Gasteiger partial charge in [-0.25, -0.2) is 0 Å². The zero-order valence-corrected chi connectivity index (χ0v) is 25.6. The average molecular weight is 585 g/mol. The number of ketones is 1. The summed E-state index contributed by atoms with van der Waals surface area (Å²) in [5, 5.41) is 6.18. The molecule has 1 aliphatic carbocycles. The molecule has 8 heteroatoms. The first kappa shape index (κ1) is 30.4. The third kappa shape index (κ3) is 7.48. The number of nitrogens with one attached hydrogen (secondary N) is 2. The molecule has 3 aromatic rings. The third-order valence-electron chi connectivity index (χ3n) is 8.98. The van der Waals surface area contributed by atoms with E-state index in [4.69, 9.17) is 4.42 Å². The Labute approximate surface area is 254 Å². The molecule has 1 aliphatic heterocycles. The normalized spacial score (nSPS) is 17.0. The monoisotopic (exact) mass is 584 g/mol. The van der Waals surface area contributed by atoms with E-state index in [0.717, 1.165) is 44.7 Å². The van der Waals surface area contributed by atoms with Crippen LogP contribution in [-0.2, 0) is 4.79 Å². The quantitative estimate of drug-likeness (QED) is 0.251. The molecule has 0 radical (unpaired) electrons. The molecule has 1 saturated heterocycles. The van der Waals surface area contributed by atoms with E-state index in [1.165, 1.54) is 30.4 Å². The molecule has 43 heavy (non-hydrogen) atoms. The fourth-order valence-electron chi connectivity index (χ4n) is 6.22. The zero-order chi connectivity index (χ0) is 30.3. The summed E-state index contributed by atoms with van der Waals surface area (Å²) in [5.41, 5.74) is 4.52.